The number of nitrogens with zero attached hydrogens (tertiary/aromatic N) is 1. The third kappa shape index (κ3) is 4.04. The second kappa shape index (κ2) is 8.56. The molecular weight excluding hydrogens is 392 g/mol. The second-order valence-electron chi connectivity index (χ2n) is 6.37. The maximum atomic E-state index is 12.8. The quantitative estimate of drug-likeness (QED) is 0.593. The van der Waals surface area contributed by atoms with Crippen molar-refractivity contribution in [2.45, 2.75) is 12.8 Å². The Labute approximate surface area is 171 Å². The van der Waals surface area contributed by atoms with Gasteiger partial charge in [0.25, 0.3) is 5.91 Å². The Morgan fingerprint density at radius 3 is 2.17 bits per heavy atom. The Hall–Kier alpha value is -4.01. The molecule has 2 aromatic rings. The Balaban J connectivity index is 1.93. The number of anilines is 2. The van der Waals surface area contributed by atoms with Gasteiger partial charge in [-0.15, -0.1) is 0 Å². The fourth-order valence-electron chi connectivity index (χ4n) is 3.03. The van der Waals surface area contributed by atoms with Gasteiger partial charge in [0.05, 0.1) is 36.7 Å². The van der Waals surface area contributed by atoms with Crippen molar-refractivity contribution in [3.8, 4) is 0 Å². The first-order chi connectivity index (χ1) is 14.3. The zero-order valence-electron chi connectivity index (χ0n) is 16.3. The summed E-state index contributed by atoms with van der Waals surface area (Å²) in [4.78, 5) is 61.6. The molecule has 9 heteroatoms. The average molecular weight is 410 g/mol. The number of hydrogen-bond donors (Lipinski definition) is 1. The molecule has 0 atom stereocenters. The van der Waals surface area contributed by atoms with Gasteiger partial charge in [-0.1, -0.05) is 6.07 Å². The van der Waals surface area contributed by atoms with Crippen LogP contribution in [-0.2, 0) is 19.1 Å². The number of methoxy groups -OCH3 is 2. The summed E-state index contributed by atoms with van der Waals surface area (Å²) < 4.78 is 9.38. The number of hydrogen-bond acceptors (Lipinski definition) is 7. The van der Waals surface area contributed by atoms with E-state index in [0.717, 1.165) is 4.90 Å². The maximum absolute atomic E-state index is 12.8. The van der Waals surface area contributed by atoms with Gasteiger partial charge in [-0.25, -0.2) is 9.59 Å². The number of esters is 2. The molecule has 1 heterocycles. The van der Waals surface area contributed by atoms with Gasteiger partial charge >= 0.3 is 11.9 Å². The highest BCUT2D eigenvalue weighted by molar-refractivity contribution is 6.20. The van der Waals surface area contributed by atoms with E-state index in [1.165, 1.54) is 50.6 Å². The summed E-state index contributed by atoms with van der Waals surface area (Å²) in [5.74, 6) is -2.63. The monoisotopic (exact) mass is 410 g/mol. The lowest BCUT2D eigenvalue weighted by Gasteiger charge is -2.15. The number of rotatable bonds is 5. The first-order valence-electron chi connectivity index (χ1n) is 8.93. The summed E-state index contributed by atoms with van der Waals surface area (Å²) in [5, 5.41) is 2.57. The van der Waals surface area contributed by atoms with Crippen molar-refractivity contribution in [3.63, 3.8) is 0 Å². The molecule has 3 rings (SSSR count). The predicted molar refractivity (Wildman–Crippen MR) is 105 cm³/mol. The van der Waals surface area contributed by atoms with E-state index in [2.05, 4.69) is 10.1 Å². The van der Waals surface area contributed by atoms with E-state index >= 15 is 0 Å². The van der Waals surface area contributed by atoms with Crippen LogP contribution in [0.2, 0.25) is 0 Å². The van der Waals surface area contributed by atoms with E-state index in [9.17, 15) is 24.0 Å². The number of carbonyl (C=O) groups excluding carboxylic acids is 5. The molecule has 1 saturated heterocycles. The topological polar surface area (TPSA) is 119 Å². The molecule has 2 aromatic carbocycles. The third-order valence-corrected chi connectivity index (χ3v) is 4.51. The van der Waals surface area contributed by atoms with Crippen LogP contribution < -0.4 is 10.2 Å². The van der Waals surface area contributed by atoms with Crippen LogP contribution in [0.15, 0.2) is 42.5 Å². The Morgan fingerprint density at radius 1 is 0.867 bits per heavy atom. The zero-order valence-corrected chi connectivity index (χ0v) is 16.3. The van der Waals surface area contributed by atoms with Crippen LogP contribution in [0, 0.1) is 0 Å². The first kappa shape index (κ1) is 20.7. The number of benzene rings is 2. The van der Waals surface area contributed by atoms with Crippen molar-refractivity contribution in [2.24, 2.45) is 0 Å². The fourth-order valence-corrected chi connectivity index (χ4v) is 3.03. The molecule has 1 aliphatic heterocycles. The molecule has 9 nitrogen and oxygen atoms in total. The van der Waals surface area contributed by atoms with Gasteiger partial charge in [-0.2, -0.15) is 0 Å². The molecule has 1 aliphatic rings. The number of amides is 3. The van der Waals surface area contributed by atoms with E-state index < -0.39 is 17.8 Å². The van der Waals surface area contributed by atoms with Crippen LogP contribution in [0.1, 0.15) is 43.9 Å². The lowest BCUT2D eigenvalue weighted by atomic mass is 10.1. The van der Waals surface area contributed by atoms with Gasteiger partial charge in [0.15, 0.2) is 0 Å². The standard InChI is InChI=1S/C21H18N2O7/c1-29-20(27)13-6-7-15(21(28)30-2)16(11-13)22-19(26)12-4-3-5-14(10-12)23-17(24)8-9-18(23)25/h3-7,10-11H,8-9H2,1-2H3,(H,22,26). The van der Waals surface area contributed by atoms with Crippen LogP contribution in [0.25, 0.3) is 0 Å². The number of ether oxygens (including phenoxy) is 2. The van der Waals surface area contributed by atoms with Gasteiger partial charge in [0, 0.05) is 18.4 Å². The molecule has 0 bridgehead atoms. The molecule has 0 radical (unpaired) electrons. The molecule has 0 aromatic heterocycles. The minimum atomic E-state index is -0.705. The summed E-state index contributed by atoms with van der Waals surface area (Å²) in [6.07, 6.45) is 0.246. The maximum Gasteiger partial charge on any atom is 0.339 e. The molecule has 1 fully saturated rings. The van der Waals surface area contributed by atoms with Crippen molar-refractivity contribution in [1.82, 2.24) is 0 Å². The normalized spacial score (nSPS) is 13.2. The van der Waals surface area contributed by atoms with Crippen molar-refractivity contribution >= 4 is 41.0 Å². The molecule has 0 saturated carbocycles. The second-order valence-corrected chi connectivity index (χ2v) is 6.37. The van der Waals surface area contributed by atoms with Crippen molar-refractivity contribution in [2.75, 3.05) is 24.4 Å². The van der Waals surface area contributed by atoms with E-state index in [1.54, 1.807) is 6.07 Å². The van der Waals surface area contributed by atoms with Crippen LogP contribution in [0.5, 0.6) is 0 Å². The highest BCUT2D eigenvalue weighted by Crippen LogP contribution is 2.25. The molecule has 154 valence electrons. The lowest BCUT2D eigenvalue weighted by molar-refractivity contribution is -0.121. The van der Waals surface area contributed by atoms with E-state index in [1.807, 2.05) is 0 Å². The summed E-state index contributed by atoms with van der Waals surface area (Å²) in [7, 11) is 2.40. The summed E-state index contributed by atoms with van der Waals surface area (Å²) >= 11 is 0. The average Bonchev–Trinajstić information content (AvgIpc) is 3.10. The first-order valence-corrected chi connectivity index (χ1v) is 8.93. The number of nitrogens with one attached hydrogen (secondary N) is 1. The van der Waals surface area contributed by atoms with Crippen LogP contribution in [0.4, 0.5) is 11.4 Å². The molecule has 0 spiro atoms. The SMILES string of the molecule is COC(=O)c1ccc(C(=O)OC)c(NC(=O)c2cccc(N3C(=O)CCC3=O)c2)c1. The molecule has 0 aliphatic carbocycles. The Kier molecular flexibility index (Phi) is 5.91. The van der Waals surface area contributed by atoms with Crippen molar-refractivity contribution in [3.05, 3.63) is 59.2 Å². The van der Waals surface area contributed by atoms with E-state index in [0.29, 0.717) is 0 Å². The van der Waals surface area contributed by atoms with Gasteiger partial charge in [0.1, 0.15) is 0 Å². The van der Waals surface area contributed by atoms with Gasteiger partial charge in [-0.3, -0.25) is 19.3 Å². The summed E-state index contributed by atoms with van der Waals surface area (Å²) in [6, 6.07) is 9.99. The molecule has 3 amide bonds. The van der Waals surface area contributed by atoms with E-state index in [-0.39, 0.29) is 52.7 Å². The van der Waals surface area contributed by atoms with Crippen LogP contribution in [0.3, 0.4) is 0 Å². The smallest absolute Gasteiger partial charge is 0.339 e. The Bertz CT molecular complexity index is 1050. The van der Waals surface area contributed by atoms with Crippen molar-refractivity contribution < 1.29 is 33.4 Å². The highest BCUT2D eigenvalue weighted by atomic mass is 16.5. The third-order valence-electron chi connectivity index (χ3n) is 4.51. The van der Waals surface area contributed by atoms with Crippen molar-refractivity contribution in [1.29, 1.82) is 0 Å². The Morgan fingerprint density at radius 2 is 1.53 bits per heavy atom. The van der Waals surface area contributed by atoms with E-state index in [4.69, 9.17) is 4.74 Å². The highest BCUT2D eigenvalue weighted by Gasteiger charge is 2.30. The number of carbonyl (C=O) groups is 5. The van der Waals surface area contributed by atoms with Gasteiger partial charge < -0.3 is 14.8 Å². The lowest BCUT2D eigenvalue weighted by Crippen LogP contribution is -2.28. The minimum absolute atomic E-state index is 0.0413. The number of imide groups is 1. The molecule has 0 unspecified atom stereocenters. The zero-order chi connectivity index (χ0) is 21.8. The fraction of sp³-hybridized carbons (Fsp3) is 0.190. The minimum Gasteiger partial charge on any atom is -0.465 e. The van der Waals surface area contributed by atoms with Gasteiger partial charge in [0.2, 0.25) is 11.8 Å². The summed E-state index contributed by atoms with van der Waals surface area (Å²) in [6.45, 7) is 0. The largest absolute Gasteiger partial charge is 0.465 e. The van der Waals surface area contributed by atoms with Crippen LogP contribution in [-0.4, -0.2) is 43.9 Å². The molecule has 1 N–H and O–H groups in total. The van der Waals surface area contributed by atoms with Crippen LogP contribution >= 0.6 is 0 Å². The van der Waals surface area contributed by atoms with Gasteiger partial charge in [-0.05, 0) is 36.4 Å². The predicted octanol–water partition coefficient (Wildman–Crippen LogP) is 2.17. The summed E-state index contributed by atoms with van der Waals surface area (Å²) in [5.41, 5.74) is 0.654. The molecule has 30 heavy (non-hydrogen) atoms. The molecular formula is C21H18N2O7.